The van der Waals surface area contributed by atoms with E-state index < -0.39 is 0 Å². The van der Waals surface area contributed by atoms with Crippen LogP contribution in [0.5, 0.6) is 23.0 Å². The van der Waals surface area contributed by atoms with E-state index in [1.807, 2.05) is 69.0 Å². The Hall–Kier alpha value is -7.44. The number of hydrazone groups is 4. The summed E-state index contributed by atoms with van der Waals surface area (Å²) in [7, 11) is 1.67. The lowest BCUT2D eigenvalue weighted by atomic mass is 9.85. The van der Waals surface area contributed by atoms with E-state index in [-0.39, 0.29) is 10.8 Å². The van der Waals surface area contributed by atoms with Crippen molar-refractivity contribution in [1.82, 2.24) is 20.0 Å². The van der Waals surface area contributed by atoms with E-state index in [0.717, 1.165) is 113 Å². The van der Waals surface area contributed by atoms with Crippen molar-refractivity contribution in [2.24, 2.45) is 20.4 Å². The van der Waals surface area contributed by atoms with Gasteiger partial charge < -0.3 is 20.4 Å². The van der Waals surface area contributed by atoms with Gasteiger partial charge in [-0.1, -0.05) is 203 Å². The van der Waals surface area contributed by atoms with Crippen LogP contribution in [0.2, 0.25) is 0 Å². The molecule has 12 nitrogen and oxygen atoms in total. The fourth-order valence-electron chi connectivity index (χ4n) is 12.6. The SMILES string of the molecule is Cc1cc(C(C)(C)C)cc(Pc2ccccc2/C=N/N2CCCCC2)c1O.Cc1cc(C)c(O)c(Pc2ccccc2/C=N/N2CCCCC2)c1.Cc1cc(Pc2ccccc2/C=N/N2CCCCC2)c(O)c(C(C)(C)C)c1.Cc1ccc(O)c(Pc2ccccc2/C=N/N2CCCCC2)c1. The molecule has 4 aliphatic heterocycles. The molecule has 0 bridgehead atoms. The van der Waals surface area contributed by atoms with Gasteiger partial charge in [0.25, 0.3) is 0 Å². The lowest BCUT2D eigenvalue weighted by Gasteiger charge is -2.24. The van der Waals surface area contributed by atoms with Gasteiger partial charge in [0.15, 0.2) is 0 Å². The van der Waals surface area contributed by atoms with Crippen molar-refractivity contribution in [1.29, 1.82) is 0 Å². The summed E-state index contributed by atoms with van der Waals surface area (Å²) in [4.78, 5) is 0. The Kier molecular flexibility index (Phi) is 29.4. The van der Waals surface area contributed by atoms with E-state index in [4.69, 9.17) is 10.2 Å². The number of phenols is 4. The fourth-order valence-corrected chi connectivity index (χ4v) is 17.8. The zero-order chi connectivity index (χ0) is 71.9. The molecule has 0 radical (unpaired) electrons. The van der Waals surface area contributed by atoms with Crippen molar-refractivity contribution in [3.63, 3.8) is 0 Å². The summed E-state index contributed by atoms with van der Waals surface area (Å²) >= 11 is 0. The van der Waals surface area contributed by atoms with Crippen LogP contribution in [0.25, 0.3) is 0 Å². The second kappa shape index (κ2) is 38.2. The summed E-state index contributed by atoms with van der Waals surface area (Å²) in [6.07, 6.45) is 23.0. The summed E-state index contributed by atoms with van der Waals surface area (Å²) in [6, 6.07) is 51.8. The lowest BCUT2D eigenvalue weighted by molar-refractivity contribution is 0.240. The van der Waals surface area contributed by atoms with Crippen LogP contribution in [-0.2, 0) is 10.8 Å². The molecule has 0 aliphatic carbocycles. The Morgan fingerprint density at radius 1 is 0.307 bits per heavy atom. The van der Waals surface area contributed by atoms with Crippen LogP contribution in [-0.4, -0.2) is 118 Å². The molecular formula is C85H110N8O4P4. The first-order chi connectivity index (χ1) is 48.5. The summed E-state index contributed by atoms with van der Waals surface area (Å²) in [6.45, 7) is 31.7. The monoisotopic (exact) mass is 1430 g/mol. The molecule has 12 rings (SSSR count). The van der Waals surface area contributed by atoms with Crippen LogP contribution in [0, 0.1) is 34.6 Å². The van der Waals surface area contributed by atoms with E-state index in [0.29, 0.717) is 57.3 Å². The molecule has 4 saturated heterocycles. The number of nitrogens with zero attached hydrogens (tertiary/aromatic N) is 8. The summed E-state index contributed by atoms with van der Waals surface area (Å²) < 4.78 is 0. The van der Waals surface area contributed by atoms with Gasteiger partial charge in [0.1, 0.15) is 23.0 Å². The highest BCUT2D eigenvalue weighted by Gasteiger charge is 2.23. The molecule has 0 aromatic heterocycles. The second-order valence-electron chi connectivity index (χ2n) is 29.3. The third-order valence-corrected chi connectivity index (χ3v) is 24.0. The molecule has 4 heterocycles. The van der Waals surface area contributed by atoms with Gasteiger partial charge in [-0.2, -0.15) is 20.4 Å². The molecule has 4 unspecified atom stereocenters. The van der Waals surface area contributed by atoms with E-state index >= 15 is 0 Å². The molecule has 534 valence electrons. The molecule has 4 atom stereocenters. The number of rotatable bonds is 16. The Morgan fingerprint density at radius 2 is 0.614 bits per heavy atom. The molecule has 0 saturated carbocycles. The highest BCUT2D eigenvalue weighted by atomic mass is 31.1. The highest BCUT2D eigenvalue weighted by Crippen LogP contribution is 2.35. The van der Waals surface area contributed by atoms with Gasteiger partial charge in [-0.25, -0.2) is 0 Å². The summed E-state index contributed by atoms with van der Waals surface area (Å²) in [5, 5.41) is 78.3. The van der Waals surface area contributed by atoms with Crippen molar-refractivity contribution < 1.29 is 20.4 Å². The van der Waals surface area contributed by atoms with Gasteiger partial charge in [0, 0.05) is 101 Å². The Morgan fingerprint density at radius 3 is 0.970 bits per heavy atom. The van der Waals surface area contributed by atoms with E-state index in [9.17, 15) is 20.4 Å². The average molecular weight is 1430 g/mol. The van der Waals surface area contributed by atoms with Crippen molar-refractivity contribution in [3.05, 3.63) is 213 Å². The standard InChI is InChI=1S/2C23H31N2OP.C20H25N2OP.C19H23N2OP/c1-17-14-19(23(2,3)4)15-21(22(17)26)27-20-11-7-6-10-18(20)16-24-25-12-8-5-9-13-25;1-17-14-19(23(2,3)4)22(26)21(15-17)27-20-11-7-6-10-18(20)16-24-25-12-8-5-9-13-25;1-15-12-16(2)20(23)19(13-15)24-18-9-5-4-8-17(18)14-21-22-10-6-3-7-11-22;1-15-9-10-17(22)19(13-15)23-18-8-4-3-7-16(18)14-20-21-11-5-2-6-12-21/h2*6-7,10-11,14-16,26-27H,5,8-9,12-13H2,1-4H3;4-5,8-9,12-14,23-24H,3,6-7,10-11H2,1-2H3;3-4,7-10,13-14,22-23H,2,5-6,11-12H2,1H3/b2*24-16+;21-14+;20-14+. The third-order valence-electron chi connectivity index (χ3n) is 18.5. The first-order valence-corrected chi connectivity index (χ1v) is 40.4. The predicted octanol–water partition coefficient (Wildman–Crippen LogP) is 15.5. The van der Waals surface area contributed by atoms with Crippen molar-refractivity contribution in [3.8, 4) is 23.0 Å². The Labute approximate surface area is 611 Å². The number of aromatic hydroxyl groups is 4. The number of hydrogen-bond donors (Lipinski definition) is 4. The Balaban J connectivity index is 0.000000157. The van der Waals surface area contributed by atoms with Crippen molar-refractivity contribution in [2.75, 3.05) is 52.4 Å². The van der Waals surface area contributed by atoms with Gasteiger partial charge in [0.2, 0.25) is 0 Å². The minimum absolute atomic E-state index is 0.0624. The van der Waals surface area contributed by atoms with Gasteiger partial charge in [-0.15, -0.1) is 0 Å². The molecule has 101 heavy (non-hydrogen) atoms. The van der Waals surface area contributed by atoms with E-state index in [1.54, 1.807) is 6.07 Å². The molecule has 0 amide bonds. The number of benzene rings is 8. The maximum absolute atomic E-state index is 10.9. The van der Waals surface area contributed by atoms with Crippen LogP contribution in [0.15, 0.2) is 172 Å². The zero-order valence-electron chi connectivity index (χ0n) is 61.8. The first-order valence-electron chi connectivity index (χ1n) is 36.4. The second-order valence-corrected chi connectivity index (χ2v) is 34.6. The van der Waals surface area contributed by atoms with Crippen LogP contribution in [0.1, 0.15) is 180 Å². The predicted molar refractivity (Wildman–Crippen MR) is 442 cm³/mol. The third kappa shape index (κ3) is 24.1. The van der Waals surface area contributed by atoms with Gasteiger partial charge >= 0.3 is 0 Å². The number of hydrogen-bond acceptors (Lipinski definition) is 12. The molecular weight excluding hydrogens is 1320 g/mol. The zero-order valence-corrected chi connectivity index (χ0v) is 65.8. The Bertz CT molecular complexity index is 4040. The topological polar surface area (TPSA) is 143 Å². The van der Waals surface area contributed by atoms with E-state index in [1.165, 1.54) is 121 Å². The molecule has 8 aromatic carbocycles. The lowest BCUT2D eigenvalue weighted by Crippen LogP contribution is -2.25. The van der Waals surface area contributed by atoms with Gasteiger partial charge in [0.05, 0.1) is 24.9 Å². The fraction of sp³-hybridized carbons (Fsp3) is 0.388. The normalized spacial score (nSPS) is 15.8. The molecule has 0 spiro atoms. The quantitative estimate of drug-likeness (QED) is 0.0553. The van der Waals surface area contributed by atoms with Crippen LogP contribution in [0.3, 0.4) is 0 Å². The molecule has 4 aliphatic rings. The molecule has 4 N–H and O–H groups in total. The smallest absolute Gasteiger partial charge is 0.127 e. The summed E-state index contributed by atoms with van der Waals surface area (Å²) in [5.74, 6) is 1.65. The largest absolute Gasteiger partial charge is 0.507 e. The number of piperidine rings is 4. The van der Waals surface area contributed by atoms with Crippen LogP contribution < -0.4 is 42.4 Å². The van der Waals surface area contributed by atoms with E-state index in [2.05, 4.69) is 208 Å². The van der Waals surface area contributed by atoms with Crippen LogP contribution in [0.4, 0.5) is 0 Å². The minimum atomic E-state index is -0.0788. The number of aryl methyl sites for hydroxylation is 5. The van der Waals surface area contributed by atoms with Gasteiger partial charge in [-0.05, 0) is 202 Å². The molecule has 8 aromatic rings. The van der Waals surface area contributed by atoms with Crippen molar-refractivity contribution >= 4 is 102 Å². The molecule has 4 fully saturated rings. The van der Waals surface area contributed by atoms with Crippen LogP contribution >= 0.6 is 34.3 Å². The minimum Gasteiger partial charge on any atom is -0.507 e. The first kappa shape index (κ1) is 77.7. The maximum Gasteiger partial charge on any atom is 0.127 e. The summed E-state index contributed by atoms with van der Waals surface area (Å²) in [5.41, 5.74) is 12.3. The van der Waals surface area contributed by atoms with Crippen molar-refractivity contribution in [2.45, 2.75) is 164 Å². The molecule has 16 heteroatoms. The van der Waals surface area contributed by atoms with Gasteiger partial charge in [-0.3, -0.25) is 20.0 Å². The number of phenolic OH excluding ortho intramolecular Hbond substituents is 4. The highest BCUT2D eigenvalue weighted by molar-refractivity contribution is 7.57. The maximum atomic E-state index is 10.9. The average Bonchev–Trinajstić information content (AvgIpc) is 0.830.